The molecule has 2 rings (SSSR count). The Balaban J connectivity index is 2.74. The minimum Gasteiger partial charge on any atom is -0.294 e. The normalized spacial score (nSPS) is 18.5. The molecule has 0 bridgehead atoms. The highest BCUT2D eigenvalue weighted by atomic mass is 16.1. The Kier molecular flexibility index (Phi) is 5.58. The van der Waals surface area contributed by atoms with E-state index in [1.165, 1.54) is 11.1 Å². The maximum absolute atomic E-state index is 13.0. The lowest BCUT2D eigenvalue weighted by Gasteiger charge is -2.32. The van der Waals surface area contributed by atoms with E-state index in [1.54, 1.807) is 6.20 Å². The molecule has 0 amide bonds. The first-order valence-corrected chi connectivity index (χ1v) is 8.79. The Labute approximate surface area is 146 Å². The smallest absolute Gasteiger partial charge is 0.163 e. The minimum atomic E-state index is 0.0405. The predicted molar refractivity (Wildman–Crippen MR) is 102 cm³/mol. The maximum Gasteiger partial charge on any atom is 0.163 e. The molecule has 1 heterocycles. The lowest BCUT2D eigenvalue weighted by Crippen LogP contribution is -2.26. The Morgan fingerprint density at radius 2 is 2.04 bits per heavy atom. The molecule has 0 fully saturated rings. The van der Waals surface area contributed by atoms with Gasteiger partial charge in [-0.1, -0.05) is 51.0 Å². The highest BCUT2D eigenvalue weighted by Gasteiger charge is 2.33. The number of hydrogen-bond donors (Lipinski definition) is 0. The van der Waals surface area contributed by atoms with Crippen LogP contribution in [-0.2, 0) is 4.79 Å². The molecule has 0 aliphatic heterocycles. The van der Waals surface area contributed by atoms with Crippen LogP contribution in [0, 0.1) is 5.41 Å². The van der Waals surface area contributed by atoms with Gasteiger partial charge in [-0.2, -0.15) is 0 Å². The van der Waals surface area contributed by atoms with Gasteiger partial charge < -0.3 is 0 Å². The van der Waals surface area contributed by atoms with Crippen LogP contribution in [0.5, 0.6) is 0 Å². The van der Waals surface area contributed by atoms with Gasteiger partial charge in [-0.15, -0.1) is 0 Å². The van der Waals surface area contributed by atoms with Crippen molar-refractivity contribution in [1.82, 2.24) is 4.98 Å². The average Bonchev–Trinajstić information content (AvgIpc) is 2.48. The number of rotatable bonds is 5. The molecule has 0 N–H and O–H groups in total. The van der Waals surface area contributed by atoms with Gasteiger partial charge in [0.15, 0.2) is 5.78 Å². The molecule has 0 aromatic carbocycles. The largest absolute Gasteiger partial charge is 0.294 e. The Hall–Kier alpha value is -1.96. The average molecular weight is 323 g/mol. The summed E-state index contributed by atoms with van der Waals surface area (Å²) in [6, 6.07) is 3.98. The number of pyridine rings is 1. The summed E-state index contributed by atoms with van der Waals surface area (Å²) in [6.07, 6.45) is 7.13. The number of nitrogens with zero attached hydrogens (tertiary/aromatic N) is 1. The van der Waals surface area contributed by atoms with E-state index < -0.39 is 0 Å². The second-order valence-corrected chi connectivity index (χ2v) is 7.72. The van der Waals surface area contributed by atoms with Crippen LogP contribution < -0.4 is 0 Å². The summed E-state index contributed by atoms with van der Waals surface area (Å²) in [7, 11) is 0. The SMILES string of the molecule is C=C(C)/C(CCC)=C(\C1=C(C)CC(C)(C)CC1=O)c1cccnc1. The molecule has 2 heteroatoms. The van der Waals surface area contributed by atoms with Gasteiger partial charge >= 0.3 is 0 Å². The maximum atomic E-state index is 13.0. The molecular formula is C22H29NO. The predicted octanol–water partition coefficient (Wildman–Crippen LogP) is 5.92. The van der Waals surface area contributed by atoms with E-state index in [-0.39, 0.29) is 11.2 Å². The van der Waals surface area contributed by atoms with Crippen molar-refractivity contribution in [2.45, 2.75) is 60.3 Å². The standard InChI is InChI=1S/C22H29NO/c1-7-9-18(15(2)3)21(17-10-8-11-23-14-17)20-16(4)12-22(5,6)13-19(20)24/h8,10-11,14H,2,7,9,12-13H2,1,3-6H3/b21-18-. The molecule has 1 aromatic heterocycles. The van der Waals surface area contributed by atoms with Crippen LogP contribution in [0.4, 0.5) is 0 Å². The van der Waals surface area contributed by atoms with Gasteiger partial charge in [0.1, 0.15) is 0 Å². The van der Waals surface area contributed by atoms with E-state index in [4.69, 9.17) is 0 Å². The van der Waals surface area contributed by atoms with Crippen molar-refractivity contribution < 1.29 is 4.79 Å². The van der Waals surface area contributed by atoms with Crippen LogP contribution >= 0.6 is 0 Å². The van der Waals surface area contributed by atoms with Crippen molar-refractivity contribution in [1.29, 1.82) is 0 Å². The molecule has 0 spiro atoms. The van der Waals surface area contributed by atoms with Crippen LogP contribution in [0.25, 0.3) is 5.57 Å². The molecule has 1 aliphatic rings. The van der Waals surface area contributed by atoms with Crippen LogP contribution in [0.15, 0.2) is 53.4 Å². The third-order valence-corrected chi connectivity index (χ3v) is 4.61. The molecule has 24 heavy (non-hydrogen) atoms. The van der Waals surface area contributed by atoms with Gasteiger partial charge in [-0.3, -0.25) is 9.78 Å². The summed E-state index contributed by atoms with van der Waals surface area (Å²) in [5.41, 5.74) is 6.42. The first-order valence-electron chi connectivity index (χ1n) is 8.79. The summed E-state index contributed by atoms with van der Waals surface area (Å²) in [5.74, 6) is 0.248. The van der Waals surface area contributed by atoms with E-state index in [9.17, 15) is 4.79 Å². The molecule has 0 unspecified atom stereocenters. The molecule has 2 nitrogen and oxygen atoms in total. The van der Waals surface area contributed by atoms with Crippen LogP contribution in [-0.4, -0.2) is 10.8 Å². The Bertz CT molecular complexity index is 705. The second kappa shape index (κ2) is 7.29. The van der Waals surface area contributed by atoms with Crippen LogP contribution in [0.2, 0.25) is 0 Å². The van der Waals surface area contributed by atoms with Crippen molar-refractivity contribution >= 4 is 11.4 Å². The van der Waals surface area contributed by atoms with Crippen molar-refractivity contribution in [2.75, 3.05) is 0 Å². The fraction of sp³-hybridized carbons (Fsp3) is 0.455. The molecule has 0 saturated carbocycles. The van der Waals surface area contributed by atoms with Crippen molar-refractivity contribution in [3.63, 3.8) is 0 Å². The fourth-order valence-corrected chi connectivity index (χ4v) is 3.76. The second-order valence-electron chi connectivity index (χ2n) is 7.72. The molecule has 0 radical (unpaired) electrons. The summed E-state index contributed by atoms with van der Waals surface area (Å²) in [5, 5.41) is 0. The Morgan fingerprint density at radius 3 is 2.54 bits per heavy atom. The molecule has 1 aliphatic carbocycles. The van der Waals surface area contributed by atoms with E-state index in [1.807, 2.05) is 25.3 Å². The number of allylic oxidation sites excluding steroid dienone is 5. The van der Waals surface area contributed by atoms with Gasteiger partial charge in [0.05, 0.1) is 0 Å². The van der Waals surface area contributed by atoms with Crippen LogP contribution in [0.1, 0.15) is 65.9 Å². The van der Waals surface area contributed by atoms with Gasteiger partial charge in [-0.25, -0.2) is 0 Å². The first-order chi connectivity index (χ1) is 11.3. The Morgan fingerprint density at radius 1 is 1.33 bits per heavy atom. The zero-order valence-electron chi connectivity index (χ0n) is 15.7. The van der Waals surface area contributed by atoms with E-state index in [0.29, 0.717) is 6.42 Å². The first kappa shape index (κ1) is 18.4. The minimum absolute atomic E-state index is 0.0405. The molecule has 0 atom stereocenters. The molecule has 1 aromatic rings. The number of carbonyl (C=O) groups excluding carboxylic acids is 1. The molecular weight excluding hydrogens is 294 g/mol. The quantitative estimate of drug-likeness (QED) is 0.630. The van der Waals surface area contributed by atoms with Crippen molar-refractivity contribution in [3.05, 3.63) is 59.0 Å². The van der Waals surface area contributed by atoms with E-state index in [2.05, 4.69) is 39.3 Å². The van der Waals surface area contributed by atoms with Gasteiger partial charge in [-0.05, 0) is 49.3 Å². The molecule has 128 valence electrons. The lowest BCUT2D eigenvalue weighted by molar-refractivity contribution is -0.117. The zero-order valence-corrected chi connectivity index (χ0v) is 15.7. The lowest BCUT2D eigenvalue weighted by atomic mass is 9.71. The number of Topliss-reactive ketones (excluding diaryl/α,β-unsaturated/α-hetero) is 1. The summed E-state index contributed by atoms with van der Waals surface area (Å²) >= 11 is 0. The fourth-order valence-electron chi connectivity index (χ4n) is 3.76. The highest BCUT2D eigenvalue weighted by Crippen LogP contribution is 2.43. The van der Waals surface area contributed by atoms with Gasteiger partial charge in [0, 0.05) is 30.0 Å². The number of hydrogen-bond acceptors (Lipinski definition) is 2. The van der Waals surface area contributed by atoms with E-state index in [0.717, 1.165) is 41.5 Å². The zero-order chi connectivity index (χ0) is 17.9. The van der Waals surface area contributed by atoms with Gasteiger partial charge in [0.25, 0.3) is 0 Å². The number of ketones is 1. The van der Waals surface area contributed by atoms with Gasteiger partial charge in [0.2, 0.25) is 0 Å². The van der Waals surface area contributed by atoms with Crippen molar-refractivity contribution in [2.24, 2.45) is 5.41 Å². The molecule has 0 saturated heterocycles. The number of carbonyl (C=O) groups is 1. The third-order valence-electron chi connectivity index (χ3n) is 4.61. The van der Waals surface area contributed by atoms with Crippen molar-refractivity contribution in [3.8, 4) is 0 Å². The third kappa shape index (κ3) is 3.92. The highest BCUT2D eigenvalue weighted by molar-refractivity contribution is 6.12. The summed E-state index contributed by atoms with van der Waals surface area (Å²) < 4.78 is 0. The summed E-state index contributed by atoms with van der Waals surface area (Å²) in [4.78, 5) is 17.3. The summed E-state index contributed by atoms with van der Waals surface area (Å²) in [6.45, 7) is 14.8. The van der Waals surface area contributed by atoms with E-state index >= 15 is 0 Å². The monoisotopic (exact) mass is 323 g/mol. The topological polar surface area (TPSA) is 30.0 Å². The van der Waals surface area contributed by atoms with Crippen LogP contribution in [0.3, 0.4) is 0 Å². The number of aromatic nitrogens is 1.